The molecule has 27 heavy (non-hydrogen) atoms. The Morgan fingerprint density at radius 2 is 1.85 bits per heavy atom. The highest BCUT2D eigenvalue weighted by molar-refractivity contribution is 7.15. The molecule has 0 unspecified atom stereocenters. The van der Waals surface area contributed by atoms with Crippen molar-refractivity contribution in [2.75, 3.05) is 5.32 Å². The third kappa shape index (κ3) is 4.11. The largest absolute Gasteiger partial charge is 0.298 e. The predicted octanol–water partition coefficient (Wildman–Crippen LogP) is 3.36. The zero-order chi connectivity index (χ0) is 19.6. The Labute approximate surface area is 161 Å². The van der Waals surface area contributed by atoms with Gasteiger partial charge in [0.05, 0.1) is 22.6 Å². The summed E-state index contributed by atoms with van der Waals surface area (Å²) < 4.78 is 1.67. The minimum absolute atomic E-state index is 0.309. The maximum absolute atomic E-state index is 12.7. The summed E-state index contributed by atoms with van der Waals surface area (Å²) in [6.07, 6.45) is 0.781. The van der Waals surface area contributed by atoms with E-state index in [4.69, 9.17) is 0 Å². The second kappa shape index (κ2) is 7.79. The van der Waals surface area contributed by atoms with E-state index >= 15 is 0 Å². The van der Waals surface area contributed by atoms with Crippen LogP contribution in [-0.2, 0) is 11.2 Å². The minimum atomic E-state index is -0.735. The second-order valence-corrected chi connectivity index (χ2v) is 7.74. The van der Waals surface area contributed by atoms with Crippen LogP contribution in [0.4, 0.5) is 5.13 Å². The van der Waals surface area contributed by atoms with E-state index in [2.05, 4.69) is 34.5 Å². The Balaban J connectivity index is 1.80. The van der Waals surface area contributed by atoms with E-state index in [0.29, 0.717) is 28.0 Å². The summed E-state index contributed by atoms with van der Waals surface area (Å²) in [6, 6.07) is 9.48. The molecule has 0 aliphatic rings. The van der Waals surface area contributed by atoms with Crippen LogP contribution >= 0.6 is 11.3 Å². The molecule has 0 aliphatic heterocycles. The summed E-state index contributed by atoms with van der Waals surface area (Å²) in [6.45, 7) is 7.66. The highest BCUT2D eigenvalue weighted by atomic mass is 32.1. The third-order valence-electron chi connectivity index (χ3n) is 4.00. The normalized spacial score (nSPS) is 11.0. The van der Waals surface area contributed by atoms with Crippen molar-refractivity contribution < 1.29 is 9.59 Å². The molecule has 0 bridgehead atoms. The van der Waals surface area contributed by atoms with Gasteiger partial charge in [-0.1, -0.05) is 43.4 Å². The number of benzene rings is 1. The van der Waals surface area contributed by atoms with Gasteiger partial charge < -0.3 is 0 Å². The van der Waals surface area contributed by atoms with E-state index < -0.39 is 11.7 Å². The maximum Gasteiger partial charge on any atom is 0.298 e. The summed E-state index contributed by atoms with van der Waals surface area (Å²) in [5, 5.41) is 16.1. The standard InChI is InChI=1S/C19H21N5O2S/c1-11(2)10-15-21-22-19(27-15)20-18(26)17(25)16-12(3)23-24(13(16)4)14-8-6-5-7-9-14/h5-9,11H,10H2,1-4H3,(H,20,22,26). The maximum atomic E-state index is 12.7. The number of nitrogens with zero attached hydrogens (tertiary/aromatic N) is 4. The van der Waals surface area contributed by atoms with Crippen molar-refractivity contribution in [1.29, 1.82) is 0 Å². The van der Waals surface area contributed by atoms with Crippen LogP contribution in [0.1, 0.15) is 40.6 Å². The fraction of sp³-hybridized carbons (Fsp3) is 0.316. The molecule has 1 amide bonds. The number of aryl methyl sites for hydroxylation is 1. The molecule has 2 heterocycles. The van der Waals surface area contributed by atoms with E-state index in [9.17, 15) is 9.59 Å². The molecule has 0 saturated heterocycles. The monoisotopic (exact) mass is 383 g/mol. The molecule has 3 rings (SSSR count). The average molecular weight is 383 g/mol. The molecule has 1 N–H and O–H groups in total. The lowest BCUT2D eigenvalue weighted by atomic mass is 10.1. The van der Waals surface area contributed by atoms with Crippen LogP contribution in [-0.4, -0.2) is 31.7 Å². The summed E-state index contributed by atoms with van der Waals surface area (Å²) >= 11 is 1.29. The Hall–Kier alpha value is -2.87. The topological polar surface area (TPSA) is 89.8 Å². The first-order valence-corrected chi connectivity index (χ1v) is 9.48. The molecule has 0 atom stereocenters. The number of amides is 1. The molecule has 0 saturated carbocycles. The first-order valence-electron chi connectivity index (χ1n) is 8.66. The molecule has 0 fully saturated rings. The van der Waals surface area contributed by atoms with Crippen LogP contribution in [0, 0.1) is 19.8 Å². The van der Waals surface area contributed by atoms with Gasteiger partial charge >= 0.3 is 0 Å². The zero-order valence-electron chi connectivity index (χ0n) is 15.7. The van der Waals surface area contributed by atoms with Crippen LogP contribution in [0.15, 0.2) is 30.3 Å². The number of Topliss-reactive ketones (excluding diaryl/α,β-unsaturated/α-hetero) is 1. The number of nitrogens with one attached hydrogen (secondary N) is 1. The summed E-state index contributed by atoms with van der Waals surface area (Å²) in [5.41, 5.74) is 2.27. The van der Waals surface area contributed by atoms with Crippen molar-refractivity contribution in [3.8, 4) is 5.69 Å². The average Bonchev–Trinajstić information content (AvgIpc) is 3.18. The first-order chi connectivity index (χ1) is 12.9. The minimum Gasteiger partial charge on any atom is -0.294 e. The number of para-hydroxylation sites is 1. The lowest BCUT2D eigenvalue weighted by molar-refractivity contribution is -0.112. The first kappa shape index (κ1) is 18.9. The van der Waals surface area contributed by atoms with Gasteiger partial charge in [0, 0.05) is 6.42 Å². The van der Waals surface area contributed by atoms with E-state index in [-0.39, 0.29) is 0 Å². The third-order valence-corrected chi connectivity index (χ3v) is 4.86. The molecular weight excluding hydrogens is 362 g/mol. The molecule has 0 spiro atoms. The van der Waals surface area contributed by atoms with Gasteiger partial charge in [0.25, 0.3) is 11.7 Å². The highest BCUT2D eigenvalue weighted by Gasteiger charge is 2.26. The molecular formula is C19H21N5O2S. The molecule has 140 valence electrons. The van der Waals surface area contributed by atoms with E-state index in [1.54, 1.807) is 18.5 Å². The fourth-order valence-corrected chi connectivity index (χ4v) is 3.74. The lowest BCUT2D eigenvalue weighted by Crippen LogP contribution is -2.24. The van der Waals surface area contributed by atoms with Crippen molar-refractivity contribution in [2.24, 2.45) is 5.92 Å². The quantitative estimate of drug-likeness (QED) is 0.521. The van der Waals surface area contributed by atoms with Crippen molar-refractivity contribution >= 4 is 28.2 Å². The Morgan fingerprint density at radius 1 is 1.15 bits per heavy atom. The van der Waals surface area contributed by atoms with Crippen molar-refractivity contribution in [2.45, 2.75) is 34.1 Å². The zero-order valence-corrected chi connectivity index (χ0v) is 16.5. The lowest BCUT2D eigenvalue weighted by Gasteiger charge is -2.04. The SMILES string of the molecule is Cc1nn(-c2ccccc2)c(C)c1C(=O)C(=O)Nc1nnc(CC(C)C)s1. The number of hydrogen-bond acceptors (Lipinski definition) is 6. The summed E-state index contributed by atoms with van der Waals surface area (Å²) in [5.74, 6) is -0.925. The predicted molar refractivity (Wildman–Crippen MR) is 104 cm³/mol. The van der Waals surface area contributed by atoms with Crippen LogP contribution in [0.5, 0.6) is 0 Å². The van der Waals surface area contributed by atoms with E-state index in [1.165, 1.54) is 11.3 Å². The van der Waals surface area contributed by atoms with Gasteiger partial charge in [0.1, 0.15) is 5.01 Å². The van der Waals surface area contributed by atoms with Gasteiger partial charge in [0.2, 0.25) is 5.13 Å². The second-order valence-electron chi connectivity index (χ2n) is 6.68. The Kier molecular flexibility index (Phi) is 5.46. The van der Waals surface area contributed by atoms with Gasteiger partial charge in [-0.15, -0.1) is 10.2 Å². The number of aromatic nitrogens is 4. The number of carbonyl (C=O) groups excluding carboxylic acids is 2. The van der Waals surface area contributed by atoms with E-state index in [1.807, 2.05) is 30.3 Å². The van der Waals surface area contributed by atoms with Crippen LogP contribution in [0.25, 0.3) is 5.69 Å². The summed E-state index contributed by atoms with van der Waals surface area (Å²) in [4.78, 5) is 25.1. The number of anilines is 1. The highest BCUT2D eigenvalue weighted by Crippen LogP contribution is 2.21. The Morgan fingerprint density at radius 3 is 2.52 bits per heavy atom. The van der Waals surface area contributed by atoms with Gasteiger partial charge in [-0.2, -0.15) is 5.10 Å². The van der Waals surface area contributed by atoms with Crippen molar-refractivity contribution in [3.63, 3.8) is 0 Å². The number of rotatable bonds is 6. The summed E-state index contributed by atoms with van der Waals surface area (Å²) in [7, 11) is 0. The molecule has 8 heteroatoms. The Bertz CT molecular complexity index is 975. The van der Waals surface area contributed by atoms with Crippen molar-refractivity contribution in [3.05, 3.63) is 52.3 Å². The van der Waals surface area contributed by atoms with Crippen LogP contribution < -0.4 is 5.32 Å². The van der Waals surface area contributed by atoms with E-state index in [0.717, 1.165) is 17.1 Å². The van der Waals surface area contributed by atoms with Gasteiger partial charge in [-0.3, -0.25) is 14.9 Å². The molecule has 0 radical (unpaired) electrons. The molecule has 7 nitrogen and oxygen atoms in total. The number of hydrogen-bond donors (Lipinski definition) is 1. The van der Waals surface area contributed by atoms with Gasteiger partial charge in [-0.05, 0) is 31.9 Å². The molecule has 2 aromatic heterocycles. The number of carbonyl (C=O) groups is 2. The van der Waals surface area contributed by atoms with Gasteiger partial charge in [0.15, 0.2) is 0 Å². The molecule has 3 aromatic rings. The fourth-order valence-electron chi connectivity index (χ4n) is 2.80. The van der Waals surface area contributed by atoms with Crippen LogP contribution in [0.3, 0.4) is 0 Å². The molecule has 1 aromatic carbocycles. The van der Waals surface area contributed by atoms with Gasteiger partial charge in [-0.25, -0.2) is 4.68 Å². The van der Waals surface area contributed by atoms with Crippen molar-refractivity contribution in [1.82, 2.24) is 20.0 Å². The molecule has 0 aliphatic carbocycles. The number of ketones is 1. The van der Waals surface area contributed by atoms with Crippen LogP contribution in [0.2, 0.25) is 0 Å². The smallest absolute Gasteiger partial charge is 0.294 e.